The lowest BCUT2D eigenvalue weighted by atomic mass is 9.72. The molecule has 8 heteroatoms. The molecule has 0 aliphatic heterocycles. The predicted molar refractivity (Wildman–Crippen MR) is 96.1 cm³/mol. The largest absolute Gasteiger partial charge is 0.500 e. The normalized spacial score (nSPS) is 24.8. The van der Waals surface area contributed by atoms with Gasteiger partial charge in [-0.1, -0.05) is 0 Å². The summed E-state index contributed by atoms with van der Waals surface area (Å²) in [6, 6.07) is 0.659. The van der Waals surface area contributed by atoms with Gasteiger partial charge in [0.1, 0.15) is 0 Å². The van der Waals surface area contributed by atoms with E-state index in [1.807, 2.05) is 20.8 Å². The van der Waals surface area contributed by atoms with Gasteiger partial charge in [0, 0.05) is 32.9 Å². The Morgan fingerprint density at radius 3 is 2.08 bits per heavy atom. The van der Waals surface area contributed by atoms with Crippen molar-refractivity contribution in [2.45, 2.75) is 58.0 Å². The van der Waals surface area contributed by atoms with Gasteiger partial charge < -0.3 is 23.7 Å². The van der Waals surface area contributed by atoms with E-state index in [0.717, 1.165) is 12.8 Å². The maximum absolute atomic E-state index is 12.6. The standard InChI is InChI=1S/C17H33NO6Si/c1-17(2,3)18-15(19)14-11-12(7-8-13(14)16(20)21)9-10-25(22-4,23-5)24-6/h12-14H,7-11H2,1-6H3,(H,18,19)(H,20,21). The third-order valence-electron chi connectivity index (χ3n) is 4.90. The highest BCUT2D eigenvalue weighted by molar-refractivity contribution is 6.60. The van der Waals surface area contributed by atoms with Crippen molar-refractivity contribution in [2.24, 2.45) is 17.8 Å². The van der Waals surface area contributed by atoms with Crippen LogP contribution >= 0.6 is 0 Å². The highest BCUT2D eigenvalue weighted by Crippen LogP contribution is 2.38. The van der Waals surface area contributed by atoms with Crippen molar-refractivity contribution in [3.05, 3.63) is 0 Å². The number of amides is 1. The van der Waals surface area contributed by atoms with Crippen molar-refractivity contribution in [1.82, 2.24) is 5.32 Å². The molecule has 0 bridgehead atoms. The summed E-state index contributed by atoms with van der Waals surface area (Å²) in [5.74, 6) is -1.91. The highest BCUT2D eigenvalue weighted by atomic mass is 28.4. The third-order valence-corrected chi connectivity index (χ3v) is 7.67. The molecule has 0 saturated heterocycles. The lowest BCUT2D eigenvalue weighted by Crippen LogP contribution is -2.48. The lowest BCUT2D eigenvalue weighted by molar-refractivity contribution is -0.150. The number of nitrogens with one attached hydrogen (secondary N) is 1. The molecule has 0 heterocycles. The molecule has 1 aliphatic carbocycles. The van der Waals surface area contributed by atoms with Crippen LogP contribution in [-0.4, -0.2) is 52.7 Å². The van der Waals surface area contributed by atoms with Crippen molar-refractivity contribution in [1.29, 1.82) is 0 Å². The summed E-state index contributed by atoms with van der Waals surface area (Å²) in [6.45, 7) is 5.70. The number of aliphatic carboxylic acids is 1. The molecule has 1 rings (SSSR count). The zero-order chi connectivity index (χ0) is 19.3. The van der Waals surface area contributed by atoms with Gasteiger partial charge in [0.2, 0.25) is 5.91 Å². The summed E-state index contributed by atoms with van der Waals surface area (Å²) < 4.78 is 16.3. The molecule has 1 saturated carbocycles. The quantitative estimate of drug-likeness (QED) is 0.632. The van der Waals surface area contributed by atoms with Gasteiger partial charge in [-0.2, -0.15) is 0 Å². The minimum atomic E-state index is -2.64. The first-order valence-electron chi connectivity index (χ1n) is 8.77. The molecule has 0 radical (unpaired) electrons. The molecule has 0 aromatic rings. The number of carbonyl (C=O) groups is 2. The molecule has 0 aromatic carbocycles. The topological polar surface area (TPSA) is 94.1 Å². The fraction of sp³-hybridized carbons (Fsp3) is 0.882. The summed E-state index contributed by atoms with van der Waals surface area (Å²) in [4.78, 5) is 24.2. The van der Waals surface area contributed by atoms with E-state index in [4.69, 9.17) is 13.3 Å². The van der Waals surface area contributed by atoms with Crippen LogP contribution in [0.25, 0.3) is 0 Å². The van der Waals surface area contributed by atoms with Crippen LogP contribution in [-0.2, 0) is 22.9 Å². The van der Waals surface area contributed by atoms with Crippen molar-refractivity contribution >= 4 is 20.7 Å². The average Bonchev–Trinajstić information content (AvgIpc) is 2.54. The number of carboxylic acids is 1. The van der Waals surface area contributed by atoms with Gasteiger partial charge in [-0.3, -0.25) is 9.59 Å². The lowest BCUT2D eigenvalue weighted by Gasteiger charge is -2.36. The molecule has 146 valence electrons. The smallest absolute Gasteiger partial charge is 0.481 e. The summed E-state index contributed by atoms with van der Waals surface area (Å²) in [7, 11) is 2.11. The Hall–Kier alpha value is -0.963. The van der Waals surface area contributed by atoms with Crippen LogP contribution in [0, 0.1) is 17.8 Å². The zero-order valence-corrected chi connectivity index (χ0v) is 17.3. The molecular formula is C17H33NO6Si. The van der Waals surface area contributed by atoms with Gasteiger partial charge in [-0.05, 0) is 52.4 Å². The zero-order valence-electron chi connectivity index (χ0n) is 16.3. The van der Waals surface area contributed by atoms with Crippen LogP contribution in [0.1, 0.15) is 46.5 Å². The second kappa shape index (κ2) is 9.11. The van der Waals surface area contributed by atoms with Crippen LogP contribution in [0.15, 0.2) is 0 Å². The van der Waals surface area contributed by atoms with Crippen molar-refractivity contribution in [3.63, 3.8) is 0 Å². The van der Waals surface area contributed by atoms with Crippen LogP contribution in [0.2, 0.25) is 6.04 Å². The molecule has 3 unspecified atom stereocenters. The number of carbonyl (C=O) groups excluding carboxylic acids is 1. The van der Waals surface area contributed by atoms with Crippen molar-refractivity contribution < 1.29 is 28.0 Å². The van der Waals surface area contributed by atoms with Crippen molar-refractivity contribution in [3.8, 4) is 0 Å². The fourth-order valence-corrected chi connectivity index (χ4v) is 5.38. The Balaban J connectivity index is 2.78. The maximum atomic E-state index is 12.6. The first-order valence-corrected chi connectivity index (χ1v) is 10.7. The Kier molecular flexibility index (Phi) is 8.05. The minimum Gasteiger partial charge on any atom is -0.481 e. The molecule has 0 spiro atoms. The molecule has 3 atom stereocenters. The number of rotatable bonds is 8. The van der Waals surface area contributed by atoms with Gasteiger partial charge in [0.15, 0.2) is 0 Å². The minimum absolute atomic E-state index is 0.168. The molecule has 1 fully saturated rings. The second-order valence-electron chi connectivity index (χ2n) is 7.80. The Morgan fingerprint density at radius 1 is 1.08 bits per heavy atom. The SMILES string of the molecule is CO[Si](CCC1CCC(C(=O)O)C(C(=O)NC(C)(C)C)C1)(OC)OC. The number of hydrogen-bond acceptors (Lipinski definition) is 5. The Labute approximate surface area is 151 Å². The maximum Gasteiger partial charge on any atom is 0.500 e. The Bertz CT molecular complexity index is 452. The van der Waals surface area contributed by atoms with E-state index in [1.165, 1.54) is 0 Å². The molecule has 7 nitrogen and oxygen atoms in total. The van der Waals surface area contributed by atoms with Gasteiger partial charge in [-0.25, -0.2) is 0 Å². The van der Waals surface area contributed by atoms with Crippen LogP contribution < -0.4 is 5.32 Å². The summed E-state index contributed by atoms with van der Waals surface area (Å²) in [5, 5.41) is 12.4. The van der Waals surface area contributed by atoms with Crippen LogP contribution in [0.3, 0.4) is 0 Å². The van der Waals surface area contributed by atoms with E-state index < -0.39 is 26.6 Å². The summed E-state index contributed by atoms with van der Waals surface area (Å²) >= 11 is 0. The second-order valence-corrected chi connectivity index (χ2v) is 10.9. The van der Waals surface area contributed by atoms with E-state index in [1.54, 1.807) is 21.3 Å². The first-order chi connectivity index (χ1) is 11.6. The van der Waals surface area contributed by atoms with E-state index in [9.17, 15) is 14.7 Å². The van der Waals surface area contributed by atoms with E-state index in [2.05, 4.69) is 5.32 Å². The average molecular weight is 376 g/mol. The highest BCUT2D eigenvalue weighted by Gasteiger charge is 2.43. The van der Waals surface area contributed by atoms with Gasteiger partial charge in [-0.15, -0.1) is 0 Å². The molecule has 2 N–H and O–H groups in total. The molecule has 1 aliphatic rings. The first kappa shape index (κ1) is 22.1. The monoisotopic (exact) mass is 375 g/mol. The summed E-state index contributed by atoms with van der Waals surface area (Å²) in [6.07, 6.45) is 2.68. The molecule has 1 amide bonds. The van der Waals surface area contributed by atoms with Crippen LogP contribution in [0.4, 0.5) is 0 Å². The molecular weight excluding hydrogens is 342 g/mol. The Morgan fingerprint density at radius 2 is 1.64 bits per heavy atom. The van der Waals surface area contributed by atoms with E-state index >= 15 is 0 Å². The molecule has 0 aromatic heterocycles. The van der Waals surface area contributed by atoms with E-state index in [0.29, 0.717) is 18.9 Å². The third kappa shape index (κ3) is 6.36. The number of carboxylic acid groups (broad SMARTS) is 1. The molecule has 25 heavy (non-hydrogen) atoms. The van der Waals surface area contributed by atoms with Gasteiger partial charge in [0.05, 0.1) is 11.8 Å². The number of hydrogen-bond donors (Lipinski definition) is 2. The fourth-order valence-electron chi connectivity index (χ4n) is 3.50. The summed E-state index contributed by atoms with van der Waals surface area (Å²) in [5.41, 5.74) is -0.378. The van der Waals surface area contributed by atoms with Crippen LogP contribution in [0.5, 0.6) is 0 Å². The predicted octanol–water partition coefficient (Wildman–Crippen LogP) is 2.29. The van der Waals surface area contributed by atoms with Crippen molar-refractivity contribution in [2.75, 3.05) is 21.3 Å². The van der Waals surface area contributed by atoms with Gasteiger partial charge in [0.25, 0.3) is 0 Å². The van der Waals surface area contributed by atoms with Gasteiger partial charge >= 0.3 is 14.8 Å². The van der Waals surface area contributed by atoms with E-state index in [-0.39, 0.29) is 17.4 Å².